The summed E-state index contributed by atoms with van der Waals surface area (Å²) in [5.41, 5.74) is -0.342. The van der Waals surface area contributed by atoms with Gasteiger partial charge >= 0.3 is 0 Å². The Kier molecular flexibility index (Phi) is 11.2. The lowest BCUT2D eigenvalue weighted by atomic mass is 9.78. The maximum absolute atomic E-state index is 12.9. The molecule has 0 spiro atoms. The molecule has 2 saturated heterocycles. The van der Waals surface area contributed by atoms with Crippen molar-refractivity contribution in [1.82, 2.24) is 15.5 Å². The number of hydrogen-bond acceptors (Lipinski definition) is 5. The standard InChI is InChI=1S/C19H31N3O2S.2ClH/c1-24-15-19(6-8-20-9-7-19)18(23)21-12-16-4-2-10-22(13-16)14-17-5-3-11-25-17;;/h3,5,11,16,20H,2,4,6-10,12-15H2,1H3,(H,21,23);2*1H. The molecular formula is C19H33Cl2N3O2S. The third-order valence-corrected chi connectivity index (χ3v) is 6.44. The summed E-state index contributed by atoms with van der Waals surface area (Å²) >= 11 is 1.83. The van der Waals surface area contributed by atoms with Crippen molar-refractivity contribution in [3.63, 3.8) is 0 Å². The van der Waals surface area contributed by atoms with E-state index in [-0.39, 0.29) is 36.1 Å². The van der Waals surface area contributed by atoms with E-state index >= 15 is 0 Å². The highest BCUT2D eigenvalue weighted by molar-refractivity contribution is 7.09. The minimum atomic E-state index is -0.342. The van der Waals surface area contributed by atoms with Crippen molar-refractivity contribution in [3.05, 3.63) is 22.4 Å². The summed E-state index contributed by atoms with van der Waals surface area (Å²) in [6.07, 6.45) is 4.16. The van der Waals surface area contributed by atoms with Gasteiger partial charge in [-0.15, -0.1) is 36.2 Å². The van der Waals surface area contributed by atoms with Crippen LogP contribution in [0.1, 0.15) is 30.6 Å². The Hall–Kier alpha value is -0.370. The molecule has 1 aromatic heterocycles. The Morgan fingerprint density at radius 1 is 1.41 bits per heavy atom. The Balaban J connectivity index is 0.00000182. The molecule has 0 aromatic carbocycles. The fourth-order valence-electron chi connectivity index (χ4n) is 4.13. The van der Waals surface area contributed by atoms with Gasteiger partial charge in [-0.3, -0.25) is 9.69 Å². The van der Waals surface area contributed by atoms with Crippen LogP contribution in [-0.2, 0) is 16.1 Å². The highest BCUT2D eigenvalue weighted by atomic mass is 35.5. The molecule has 1 amide bonds. The second-order valence-electron chi connectivity index (χ2n) is 7.50. The summed E-state index contributed by atoms with van der Waals surface area (Å²) in [5.74, 6) is 0.741. The van der Waals surface area contributed by atoms with Crippen LogP contribution in [-0.4, -0.2) is 57.2 Å². The molecule has 2 aliphatic rings. The van der Waals surface area contributed by atoms with Crippen molar-refractivity contribution in [2.75, 3.05) is 46.4 Å². The summed E-state index contributed by atoms with van der Waals surface area (Å²) in [4.78, 5) is 16.8. The zero-order valence-corrected chi connectivity index (χ0v) is 18.5. The van der Waals surface area contributed by atoms with Gasteiger partial charge < -0.3 is 15.4 Å². The molecule has 3 heterocycles. The average molecular weight is 438 g/mol. The number of likely N-dealkylation sites (tertiary alicyclic amines) is 1. The molecule has 1 unspecified atom stereocenters. The average Bonchev–Trinajstić information content (AvgIpc) is 3.14. The topological polar surface area (TPSA) is 53.6 Å². The number of nitrogens with one attached hydrogen (secondary N) is 2. The molecule has 0 aliphatic carbocycles. The van der Waals surface area contributed by atoms with Crippen molar-refractivity contribution in [2.45, 2.75) is 32.2 Å². The molecule has 3 rings (SSSR count). The van der Waals surface area contributed by atoms with Crippen molar-refractivity contribution < 1.29 is 9.53 Å². The second kappa shape index (κ2) is 12.2. The molecular weight excluding hydrogens is 405 g/mol. The number of ether oxygens (including phenoxy) is 1. The van der Waals surface area contributed by atoms with Crippen molar-refractivity contribution in [3.8, 4) is 0 Å². The zero-order valence-electron chi connectivity index (χ0n) is 16.1. The van der Waals surface area contributed by atoms with Crippen molar-refractivity contribution in [2.24, 2.45) is 11.3 Å². The first kappa shape index (κ1) is 24.7. The summed E-state index contributed by atoms with van der Waals surface area (Å²) in [7, 11) is 1.70. The highest BCUT2D eigenvalue weighted by Crippen LogP contribution is 2.29. The van der Waals surface area contributed by atoms with Gasteiger partial charge in [0, 0.05) is 31.6 Å². The van der Waals surface area contributed by atoms with E-state index in [0.717, 1.165) is 45.6 Å². The van der Waals surface area contributed by atoms with Crippen LogP contribution in [0.4, 0.5) is 0 Å². The monoisotopic (exact) mass is 437 g/mol. The minimum Gasteiger partial charge on any atom is -0.384 e. The molecule has 8 heteroatoms. The molecule has 27 heavy (non-hydrogen) atoms. The van der Waals surface area contributed by atoms with Gasteiger partial charge in [-0.2, -0.15) is 0 Å². The summed E-state index contributed by atoms with van der Waals surface area (Å²) in [5, 5.41) is 8.74. The van der Waals surface area contributed by atoms with E-state index in [4.69, 9.17) is 4.74 Å². The van der Waals surface area contributed by atoms with Gasteiger partial charge in [0.15, 0.2) is 0 Å². The maximum Gasteiger partial charge on any atom is 0.228 e. The number of thiophene rings is 1. The third-order valence-electron chi connectivity index (χ3n) is 5.58. The van der Waals surface area contributed by atoms with Crippen molar-refractivity contribution >= 4 is 42.1 Å². The van der Waals surface area contributed by atoms with Crippen LogP contribution in [0.5, 0.6) is 0 Å². The first-order valence-corrected chi connectivity index (χ1v) is 10.3. The molecule has 5 nitrogen and oxygen atoms in total. The van der Waals surface area contributed by atoms with Crippen molar-refractivity contribution in [1.29, 1.82) is 0 Å². The number of amides is 1. The molecule has 1 atom stereocenters. The van der Waals surface area contributed by atoms with Gasteiger partial charge in [0.2, 0.25) is 5.91 Å². The molecule has 2 fully saturated rings. The third kappa shape index (κ3) is 6.87. The first-order chi connectivity index (χ1) is 12.2. The van der Waals surface area contributed by atoms with E-state index in [2.05, 4.69) is 33.0 Å². The van der Waals surface area contributed by atoms with Crippen LogP contribution < -0.4 is 10.6 Å². The van der Waals surface area contributed by atoms with Crippen LogP contribution in [0.15, 0.2) is 17.5 Å². The summed E-state index contributed by atoms with van der Waals surface area (Å²) in [6.45, 7) is 6.40. The Labute approximate surface area is 179 Å². The smallest absolute Gasteiger partial charge is 0.228 e. The highest BCUT2D eigenvalue weighted by Gasteiger charge is 2.39. The molecule has 1 aromatic rings. The van der Waals surface area contributed by atoms with Gasteiger partial charge in [0.05, 0.1) is 12.0 Å². The van der Waals surface area contributed by atoms with E-state index in [1.54, 1.807) is 7.11 Å². The number of methoxy groups -OCH3 is 1. The van der Waals surface area contributed by atoms with E-state index in [0.29, 0.717) is 12.5 Å². The quantitative estimate of drug-likeness (QED) is 0.688. The molecule has 0 radical (unpaired) electrons. The number of hydrogen-bond donors (Lipinski definition) is 2. The first-order valence-electron chi connectivity index (χ1n) is 9.44. The van der Waals surface area contributed by atoms with Gasteiger partial charge in [-0.1, -0.05) is 6.07 Å². The van der Waals surface area contributed by atoms with E-state index in [1.807, 2.05) is 11.3 Å². The van der Waals surface area contributed by atoms with Crippen LogP contribution in [0, 0.1) is 11.3 Å². The van der Waals surface area contributed by atoms with E-state index < -0.39 is 0 Å². The number of carbonyl (C=O) groups is 1. The van der Waals surface area contributed by atoms with Gasteiger partial charge in [0.25, 0.3) is 0 Å². The lowest BCUT2D eigenvalue weighted by Gasteiger charge is -2.37. The Morgan fingerprint density at radius 3 is 2.85 bits per heavy atom. The molecule has 2 N–H and O–H groups in total. The van der Waals surface area contributed by atoms with Gasteiger partial charge in [-0.25, -0.2) is 0 Å². The number of nitrogens with zero attached hydrogens (tertiary/aromatic N) is 1. The van der Waals surface area contributed by atoms with Crippen LogP contribution in [0.3, 0.4) is 0 Å². The van der Waals surface area contributed by atoms with E-state index in [1.165, 1.54) is 24.3 Å². The van der Waals surface area contributed by atoms with Crippen LogP contribution in [0.2, 0.25) is 0 Å². The van der Waals surface area contributed by atoms with Crippen LogP contribution in [0.25, 0.3) is 0 Å². The Bertz CT molecular complexity index is 534. The fourth-order valence-corrected chi connectivity index (χ4v) is 4.87. The zero-order chi connectivity index (χ0) is 17.5. The number of halogens is 2. The minimum absolute atomic E-state index is 0. The van der Waals surface area contributed by atoms with Crippen LogP contribution >= 0.6 is 36.2 Å². The molecule has 0 saturated carbocycles. The summed E-state index contributed by atoms with van der Waals surface area (Å²) in [6, 6.07) is 4.33. The fraction of sp³-hybridized carbons (Fsp3) is 0.737. The van der Waals surface area contributed by atoms with Gasteiger partial charge in [0.1, 0.15) is 0 Å². The lowest BCUT2D eigenvalue weighted by molar-refractivity contribution is -0.136. The predicted molar refractivity (Wildman–Crippen MR) is 116 cm³/mol. The molecule has 2 aliphatic heterocycles. The molecule has 0 bridgehead atoms. The largest absolute Gasteiger partial charge is 0.384 e. The number of carbonyl (C=O) groups excluding carboxylic acids is 1. The lowest BCUT2D eigenvalue weighted by Crippen LogP contribution is -2.51. The Morgan fingerprint density at radius 2 is 2.19 bits per heavy atom. The number of piperidine rings is 2. The maximum atomic E-state index is 12.9. The predicted octanol–water partition coefficient (Wildman–Crippen LogP) is 2.94. The van der Waals surface area contributed by atoms with E-state index in [9.17, 15) is 4.79 Å². The summed E-state index contributed by atoms with van der Waals surface area (Å²) < 4.78 is 5.38. The molecule has 156 valence electrons. The number of rotatable bonds is 7. The SMILES string of the molecule is COCC1(C(=O)NCC2CCCN(Cc3cccs3)C2)CCNCC1.Cl.Cl. The van der Waals surface area contributed by atoms with Gasteiger partial charge in [-0.05, 0) is 62.7 Å². The second-order valence-corrected chi connectivity index (χ2v) is 8.53. The normalized spacial score (nSPS) is 22.3.